The highest BCUT2D eigenvalue weighted by Crippen LogP contribution is 2.19. The van der Waals surface area contributed by atoms with Crippen molar-refractivity contribution in [3.8, 4) is 0 Å². The first kappa shape index (κ1) is 11.3. The molecule has 0 aromatic carbocycles. The van der Waals surface area contributed by atoms with Gasteiger partial charge in [-0.1, -0.05) is 6.42 Å². The lowest BCUT2D eigenvalue weighted by atomic mass is 9.89. The van der Waals surface area contributed by atoms with Crippen molar-refractivity contribution >= 4 is 17.1 Å². The molecule has 1 aliphatic rings. The number of aliphatic hydroxyl groups excluding tert-OH is 1. The number of Topliss-reactive ketones (excluding diaryl/α,β-unsaturated/α-hetero) is 1. The molecule has 1 N–H and O–H groups in total. The number of carbonyl (C=O) groups is 1. The van der Waals surface area contributed by atoms with Gasteiger partial charge < -0.3 is 5.11 Å². The predicted molar refractivity (Wildman–Crippen MR) is 56.2 cm³/mol. The Morgan fingerprint density at radius 3 is 2.79 bits per heavy atom. The third-order valence-corrected chi connectivity index (χ3v) is 2.77. The Labute approximate surface area is 87.8 Å². The molecule has 1 aromatic rings. The van der Waals surface area contributed by atoms with Crippen molar-refractivity contribution < 1.29 is 9.90 Å². The molecule has 0 amide bonds. The van der Waals surface area contributed by atoms with Crippen LogP contribution in [0.5, 0.6) is 0 Å². The second kappa shape index (κ2) is 6.68. The first-order valence-electron chi connectivity index (χ1n) is 4.80. The number of hydrogen-bond donors (Lipinski definition) is 1. The second-order valence-corrected chi connectivity index (χ2v) is 4.02. The van der Waals surface area contributed by atoms with Gasteiger partial charge in [-0.3, -0.25) is 9.78 Å². The third-order valence-electron chi connectivity index (χ3n) is 2.25. The van der Waals surface area contributed by atoms with Crippen molar-refractivity contribution in [2.45, 2.75) is 25.7 Å². The number of thiazole rings is 1. The molecule has 2 rings (SSSR count). The topological polar surface area (TPSA) is 50.2 Å². The van der Waals surface area contributed by atoms with Gasteiger partial charge in [0.05, 0.1) is 12.1 Å². The van der Waals surface area contributed by atoms with Crippen LogP contribution in [0.4, 0.5) is 0 Å². The van der Waals surface area contributed by atoms with E-state index in [9.17, 15) is 4.79 Å². The van der Waals surface area contributed by atoms with Crippen LogP contribution in [0.15, 0.2) is 17.1 Å². The molecule has 0 spiro atoms. The van der Waals surface area contributed by atoms with E-state index in [0.717, 1.165) is 19.3 Å². The van der Waals surface area contributed by atoms with Crippen LogP contribution in [0.3, 0.4) is 0 Å². The van der Waals surface area contributed by atoms with Crippen LogP contribution in [0, 0.1) is 5.92 Å². The van der Waals surface area contributed by atoms with E-state index in [1.165, 1.54) is 0 Å². The maximum atomic E-state index is 10.9. The molecule has 1 unspecified atom stereocenters. The van der Waals surface area contributed by atoms with Crippen LogP contribution < -0.4 is 0 Å². The van der Waals surface area contributed by atoms with E-state index in [1.54, 1.807) is 23.0 Å². The van der Waals surface area contributed by atoms with Crippen molar-refractivity contribution in [3.05, 3.63) is 17.1 Å². The fourth-order valence-electron chi connectivity index (χ4n) is 1.42. The van der Waals surface area contributed by atoms with Crippen molar-refractivity contribution in [1.29, 1.82) is 0 Å². The summed E-state index contributed by atoms with van der Waals surface area (Å²) in [4.78, 5) is 14.6. The summed E-state index contributed by atoms with van der Waals surface area (Å²) >= 11 is 1.60. The molecule has 1 saturated carbocycles. The van der Waals surface area contributed by atoms with Gasteiger partial charge in [-0.2, -0.15) is 0 Å². The number of aromatic nitrogens is 1. The number of ketones is 1. The Hall–Kier alpha value is -0.740. The van der Waals surface area contributed by atoms with Gasteiger partial charge in [-0.15, -0.1) is 11.3 Å². The van der Waals surface area contributed by atoms with Crippen LogP contribution in [0.1, 0.15) is 25.7 Å². The minimum atomic E-state index is -0.0289. The van der Waals surface area contributed by atoms with Gasteiger partial charge >= 0.3 is 0 Å². The maximum Gasteiger partial charge on any atom is 0.138 e. The molecule has 4 heteroatoms. The molecule has 0 bridgehead atoms. The van der Waals surface area contributed by atoms with E-state index in [1.807, 2.05) is 5.38 Å². The zero-order valence-corrected chi connectivity index (χ0v) is 8.87. The van der Waals surface area contributed by atoms with E-state index < -0.39 is 0 Å². The Balaban J connectivity index is 0.000000165. The molecule has 1 heterocycles. The summed E-state index contributed by atoms with van der Waals surface area (Å²) < 4.78 is 0. The predicted octanol–water partition coefficient (Wildman–Crippen LogP) is 1.88. The summed E-state index contributed by atoms with van der Waals surface area (Å²) in [7, 11) is 0. The normalized spacial score (nSPS) is 21.2. The Morgan fingerprint density at radius 1 is 1.57 bits per heavy atom. The highest BCUT2D eigenvalue weighted by Gasteiger charge is 2.20. The lowest BCUT2D eigenvalue weighted by Gasteiger charge is -2.17. The summed E-state index contributed by atoms with van der Waals surface area (Å²) in [5, 5.41) is 10.6. The van der Waals surface area contributed by atoms with Gasteiger partial charge in [-0.25, -0.2) is 0 Å². The van der Waals surface area contributed by atoms with E-state index in [2.05, 4.69) is 4.98 Å². The second-order valence-electron chi connectivity index (χ2n) is 3.27. The van der Waals surface area contributed by atoms with Gasteiger partial charge in [-0.05, 0) is 12.8 Å². The average molecular weight is 213 g/mol. The first-order chi connectivity index (χ1) is 6.84. The molecule has 3 nitrogen and oxygen atoms in total. The number of carbonyl (C=O) groups excluding carboxylic acids is 1. The molecule has 1 aromatic heterocycles. The van der Waals surface area contributed by atoms with Gasteiger partial charge in [0.1, 0.15) is 5.78 Å². The minimum Gasteiger partial charge on any atom is -0.396 e. The van der Waals surface area contributed by atoms with Gasteiger partial charge in [0.15, 0.2) is 0 Å². The molecule has 1 fully saturated rings. The summed E-state index contributed by atoms with van der Waals surface area (Å²) in [5.41, 5.74) is 1.79. The largest absolute Gasteiger partial charge is 0.396 e. The van der Waals surface area contributed by atoms with Crippen molar-refractivity contribution in [3.63, 3.8) is 0 Å². The quantitative estimate of drug-likeness (QED) is 0.775. The standard InChI is InChI=1S/C7H12O2.C3H3NS/c8-5-6-3-1-2-4-7(6)9;1-2-5-3-4-1/h6,8H,1-5H2;1-3H. The third kappa shape index (κ3) is 3.98. The summed E-state index contributed by atoms with van der Waals surface area (Å²) in [5.74, 6) is 0.225. The smallest absolute Gasteiger partial charge is 0.138 e. The number of hydrogen-bond acceptors (Lipinski definition) is 4. The van der Waals surface area contributed by atoms with Gasteiger partial charge in [0.2, 0.25) is 0 Å². The molecular weight excluding hydrogens is 198 g/mol. The van der Waals surface area contributed by atoms with Gasteiger partial charge in [0, 0.05) is 23.9 Å². The SMILES string of the molecule is O=C1CCCCC1CO.c1cscn1. The molecule has 0 radical (unpaired) electrons. The van der Waals surface area contributed by atoms with Crippen LogP contribution in [-0.4, -0.2) is 22.5 Å². The molecule has 0 saturated heterocycles. The van der Waals surface area contributed by atoms with Crippen LogP contribution in [0.25, 0.3) is 0 Å². The average Bonchev–Trinajstić information content (AvgIpc) is 2.76. The summed E-state index contributed by atoms with van der Waals surface area (Å²) in [6.45, 7) is 0.0544. The highest BCUT2D eigenvalue weighted by molar-refractivity contribution is 7.07. The molecular formula is C10H15NO2S. The van der Waals surface area contributed by atoms with E-state index in [4.69, 9.17) is 5.11 Å². The zero-order valence-electron chi connectivity index (χ0n) is 8.06. The fraction of sp³-hybridized carbons (Fsp3) is 0.600. The summed E-state index contributed by atoms with van der Waals surface area (Å²) in [6.07, 6.45) is 5.48. The molecule has 1 atom stereocenters. The Kier molecular flexibility index (Phi) is 5.40. The Morgan fingerprint density at radius 2 is 2.43 bits per heavy atom. The van der Waals surface area contributed by atoms with Crippen LogP contribution in [-0.2, 0) is 4.79 Å². The fourth-order valence-corrected chi connectivity index (χ4v) is 1.78. The highest BCUT2D eigenvalue weighted by atomic mass is 32.1. The molecule has 14 heavy (non-hydrogen) atoms. The maximum absolute atomic E-state index is 10.9. The first-order valence-corrected chi connectivity index (χ1v) is 5.74. The van der Waals surface area contributed by atoms with Crippen molar-refractivity contribution in [2.24, 2.45) is 5.92 Å². The molecule has 0 aliphatic heterocycles. The van der Waals surface area contributed by atoms with Gasteiger partial charge in [0.25, 0.3) is 0 Å². The lowest BCUT2D eigenvalue weighted by Crippen LogP contribution is -2.21. The van der Waals surface area contributed by atoms with Crippen molar-refractivity contribution in [1.82, 2.24) is 4.98 Å². The molecule has 1 aliphatic carbocycles. The van der Waals surface area contributed by atoms with E-state index in [-0.39, 0.29) is 18.3 Å². The minimum absolute atomic E-state index is 0.0289. The number of aliphatic hydroxyl groups is 1. The van der Waals surface area contributed by atoms with Crippen LogP contribution in [0.2, 0.25) is 0 Å². The van der Waals surface area contributed by atoms with E-state index in [0.29, 0.717) is 6.42 Å². The Bertz CT molecular complexity index is 231. The summed E-state index contributed by atoms with van der Waals surface area (Å²) in [6, 6.07) is 0. The number of nitrogens with zero attached hydrogens (tertiary/aromatic N) is 1. The van der Waals surface area contributed by atoms with E-state index >= 15 is 0 Å². The zero-order chi connectivity index (χ0) is 10.2. The van der Waals surface area contributed by atoms with Crippen molar-refractivity contribution in [2.75, 3.05) is 6.61 Å². The monoisotopic (exact) mass is 213 g/mol. The number of rotatable bonds is 1. The van der Waals surface area contributed by atoms with Crippen LogP contribution >= 0.6 is 11.3 Å². The lowest BCUT2D eigenvalue weighted by molar-refractivity contribution is -0.125. The molecule has 78 valence electrons.